The third kappa shape index (κ3) is 1.95. The van der Waals surface area contributed by atoms with Crippen molar-refractivity contribution in [3.63, 3.8) is 0 Å². The van der Waals surface area contributed by atoms with Crippen LogP contribution in [-0.4, -0.2) is 10.5 Å². The fraction of sp³-hybridized carbons (Fsp3) is 0.118. The Morgan fingerprint density at radius 3 is 2.58 bits per heavy atom. The molecule has 0 bridgehead atoms. The van der Waals surface area contributed by atoms with Gasteiger partial charge in [0.05, 0.1) is 5.52 Å². The summed E-state index contributed by atoms with van der Waals surface area (Å²) in [6.07, 6.45) is 1.91. The molecule has 0 saturated heterocycles. The van der Waals surface area contributed by atoms with Gasteiger partial charge in [-0.15, -0.1) is 0 Å². The van der Waals surface area contributed by atoms with Crippen LogP contribution in [0.1, 0.15) is 21.5 Å². The summed E-state index contributed by atoms with van der Waals surface area (Å²) >= 11 is 0. The summed E-state index contributed by atoms with van der Waals surface area (Å²) < 4.78 is 1.74. The first kappa shape index (κ1) is 11.7. The normalized spacial score (nSPS) is 10.8. The van der Waals surface area contributed by atoms with Gasteiger partial charge in [0.15, 0.2) is 0 Å². The Bertz CT molecular complexity index is 768. The fourth-order valence-electron chi connectivity index (χ4n) is 2.44. The van der Waals surface area contributed by atoms with Crippen LogP contribution in [0.4, 0.5) is 0 Å². The van der Waals surface area contributed by atoms with E-state index in [1.54, 1.807) is 4.57 Å². The number of rotatable bonds is 1. The summed E-state index contributed by atoms with van der Waals surface area (Å²) in [4.78, 5) is 12.6. The summed E-state index contributed by atoms with van der Waals surface area (Å²) in [5.74, 6) is 0.0213. The third-order valence-corrected chi connectivity index (χ3v) is 3.39. The molecule has 0 amide bonds. The van der Waals surface area contributed by atoms with E-state index in [1.807, 2.05) is 68.6 Å². The minimum atomic E-state index is 0.0213. The van der Waals surface area contributed by atoms with E-state index < -0.39 is 0 Å². The Morgan fingerprint density at radius 1 is 1.00 bits per heavy atom. The monoisotopic (exact) mass is 249 g/mol. The molecule has 1 heterocycles. The molecule has 94 valence electrons. The highest BCUT2D eigenvalue weighted by Gasteiger charge is 2.13. The van der Waals surface area contributed by atoms with Crippen LogP contribution in [0.2, 0.25) is 0 Å². The van der Waals surface area contributed by atoms with Crippen molar-refractivity contribution < 1.29 is 4.79 Å². The lowest BCUT2D eigenvalue weighted by molar-refractivity contribution is 0.0965. The second-order valence-electron chi connectivity index (χ2n) is 4.87. The van der Waals surface area contributed by atoms with E-state index in [2.05, 4.69) is 0 Å². The molecule has 0 aliphatic rings. The van der Waals surface area contributed by atoms with Crippen LogP contribution >= 0.6 is 0 Å². The van der Waals surface area contributed by atoms with Gasteiger partial charge in [-0.25, -0.2) is 0 Å². The number of nitrogens with zero attached hydrogens (tertiary/aromatic N) is 1. The number of carbonyl (C=O) groups is 1. The molecule has 0 radical (unpaired) electrons. The third-order valence-electron chi connectivity index (χ3n) is 3.39. The van der Waals surface area contributed by atoms with Crippen LogP contribution in [0.5, 0.6) is 0 Å². The Hall–Kier alpha value is -2.35. The van der Waals surface area contributed by atoms with Crippen LogP contribution in [0, 0.1) is 13.8 Å². The van der Waals surface area contributed by atoms with Crippen LogP contribution in [-0.2, 0) is 0 Å². The van der Waals surface area contributed by atoms with Crippen LogP contribution in [0.15, 0.2) is 54.7 Å². The molecule has 0 atom stereocenters. The number of fused-ring (bicyclic) bond motifs is 1. The molecule has 0 fully saturated rings. The van der Waals surface area contributed by atoms with Crippen LogP contribution in [0.25, 0.3) is 10.9 Å². The molecular formula is C17H15NO. The zero-order valence-corrected chi connectivity index (χ0v) is 11.1. The smallest absolute Gasteiger partial charge is 0.262 e. The Morgan fingerprint density at radius 2 is 1.79 bits per heavy atom. The number of hydrogen-bond acceptors (Lipinski definition) is 1. The number of benzene rings is 2. The molecule has 2 heteroatoms. The summed E-state index contributed by atoms with van der Waals surface area (Å²) in [5, 5.41) is 1.13. The topological polar surface area (TPSA) is 22.0 Å². The molecule has 3 rings (SSSR count). The fourth-order valence-corrected chi connectivity index (χ4v) is 2.44. The predicted octanol–water partition coefficient (Wildman–Crippen LogP) is 3.95. The molecule has 0 saturated carbocycles. The van der Waals surface area contributed by atoms with Gasteiger partial charge in [-0.2, -0.15) is 0 Å². The Labute approximate surface area is 112 Å². The highest BCUT2D eigenvalue weighted by Crippen LogP contribution is 2.21. The van der Waals surface area contributed by atoms with Crippen molar-refractivity contribution in [2.24, 2.45) is 0 Å². The first-order valence-corrected chi connectivity index (χ1v) is 6.35. The summed E-state index contributed by atoms with van der Waals surface area (Å²) in [6.45, 7) is 4.03. The second kappa shape index (κ2) is 4.39. The maximum atomic E-state index is 12.6. The first-order chi connectivity index (χ1) is 9.16. The van der Waals surface area contributed by atoms with Gasteiger partial charge in [-0.3, -0.25) is 9.36 Å². The number of hydrogen-bond donors (Lipinski definition) is 0. The Kier molecular flexibility index (Phi) is 2.71. The van der Waals surface area contributed by atoms with Crippen LogP contribution in [0.3, 0.4) is 0 Å². The van der Waals surface area contributed by atoms with Gasteiger partial charge in [-0.1, -0.05) is 35.9 Å². The van der Waals surface area contributed by atoms with E-state index in [0.29, 0.717) is 0 Å². The number of aryl methyl sites for hydroxylation is 2. The zero-order valence-electron chi connectivity index (χ0n) is 11.1. The highest BCUT2D eigenvalue weighted by molar-refractivity contribution is 6.03. The Balaban J connectivity index is 2.17. The van der Waals surface area contributed by atoms with Crippen molar-refractivity contribution in [3.8, 4) is 0 Å². The van der Waals surface area contributed by atoms with Gasteiger partial charge in [0, 0.05) is 17.1 Å². The molecule has 2 aromatic carbocycles. The molecule has 1 aromatic heterocycles. The number of para-hydroxylation sites is 1. The van der Waals surface area contributed by atoms with E-state index >= 15 is 0 Å². The van der Waals surface area contributed by atoms with Crippen LogP contribution < -0.4 is 0 Å². The summed E-state index contributed by atoms with van der Waals surface area (Å²) in [7, 11) is 0. The number of aromatic nitrogens is 1. The minimum Gasteiger partial charge on any atom is -0.283 e. The average Bonchev–Trinajstić information content (AvgIpc) is 2.76. The lowest BCUT2D eigenvalue weighted by Crippen LogP contribution is -2.10. The molecule has 19 heavy (non-hydrogen) atoms. The summed E-state index contributed by atoms with van der Waals surface area (Å²) in [6, 6.07) is 15.7. The quantitative estimate of drug-likeness (QED) is 0.640. The molecule has 0 unspecified atom stereocenters. The molecule has 0 aliphatic carbocycles. The number of carbonyl (C=O) groups excluding carboxylic acids is 1. The van der Waals surface area contributed by atoms with Crippen molar-refractivity contribution >= 4 is 16.8 Å². The molecule has 2 nitrogen and oxygen atoms in total. The van der Waals surface area contributed by atoms with Crippen molar-refractivity contribution in [1.29, 1.82) is 0 Å². The molecule has 0 N–H and O–H groups in total. The van der Waals surface area contributed by atoms with E-state index in [0.717, 1.165) is 27.6 Å². The highest BCUT2D eigenvalue weighted by atomic mass is 16.2. The predicted molar refractivity (Wildman–Crippen MR) is 77.6 cm³/mol. The van der Waals surface area contributed by atoms with Gasteiger partial charge in [0.25, 0.3) is 5.91 Å². The van der Waals surface area contributed by atoms with Gasteiger partial charge in [0.2, 0.25) is 0 Å². The largest absolute Gasteiger partial charge is 0.283 e. The van der Waals surface area contributed by atoms with Gasteiger partial charge in [-0.05, 0) is 37.6 Å². The average molecular weight is 249 g/mol. The van der Waals surface area contributed by atoms with E-state index in [4.69, 9.17) is 0 Å². The SMILES string of the molecule is Cc1cccc(C(=O)n2cc(C)c3ccccc32)c1. The van der Waals surface area contributed by atoms with Gasteiger partial charge in [0.1, 0.15) is 0 Å². The van der Waals surface area contributed by atoms with Crippen molar-refractivity contribution in [3.05, 3.63) is 71.4 Å². The lowest BCUT2D eigenvalue weighted by Gasteiger charge is -2.05. The summed E-state index contributed by atoms with van der Waals surface area (Å²) in [5.41, 5.74) is 3.91. The maximum Gasteiger partial charge on any atom is 0.262 e. The molecule has 0 spiro atoms. The molecule has 3 aromatic rings. The van der Waals surface area contributed by atoms with E-state index in [-0.39, 0.29) is 5.91 Å². The van der Waals surface area contributed by atoms with Crippen molar-refractivity contribution in [1.82, 2.24) is 4.57 Å². The van der Waals surface area contributed by atoms with Crippen molar-refractivity contribution in [2.75, 3.05) is 0 Å². The lowest BCUT2D eigenvalue weighted by atomic mass is 10.1. The van der Waals surface area contributed by atoms with Gasteiger partial charge < -0.3 is 0 Å². The maximum absolute atomic E-state index is 12.6. The minimum absolute atomic E-state index is 0.0213. The molecule has 0 aliphatic heterocycles. The standard InChI is InChI=1S/C17H15NO/c1-12-6-5-7-14(10-12)17(19)18-11-13(2)15-8-3-4-9-16(15)18/h3-11H,1-2H3. The van der Waals surface area contributed by atoms with Gasteiger partial charge >= 0.3 is 0 Å². The first-order valence-electron chi connectivity index (χ1n) is 6.35. The zero-order chi connectivity index (χ0) is 13.4. The van der Waals surface area contributed by atoms with E-state index in [9.17, 15) is 4.79 Å². The van der Waals surface area contributed by atoms with Crippen molar-refractivity contribution in [2.45, 2.75) is 13.8 Å². The van der Waals surface area contributed by atoms with E-state index in [1.165, 1.54) is 0 Å². The second-order valence-corrected chi connectivity index (χ2v) is 4.87. The molecular weight excluding hydrogens is 234 g/mol.